The van der Waals surface area contributed by atoms with Crippen LogP contribution >= 0.6 is 0 Å². The van der Waals surface area contributed by atoms with Crippen LogP contribution in [-0.2, 0) is 0 Å². The van der Waals surface area contributed by atoms with Gasteiger partial charge in [-0.3, -0.25) is 4.57 Å². The Hall–Kier alpha value is -9.00. The topological polar surface area (TPSA) is 61.4 Å². The second-order valence-corrected chi connectivity index (χ2v) is 16.7. The van der Waals surface area contributed by atoms with Gasteiger partial charge in [0.1, 0.15) is 5.82 Å². The second-order valence-electron chi connectivity index (χ2n) is 16.7. The third-order valence-corrected chi connectivity index (χ3v) is 12.7. The number of hydrogen-bond acceptors (Lipinski definition) is 4. The van der Waals surface area contributed by atoms with E-state index in [0.29, 0.717) is 17.5 Å². The number of para-hydroxylation sites is 2. The fraction of sp³-hybridized carbons (Fsp3) is 0. The second kappa shape index (κ2) is 15.4. The van der Waals surface area contributed by atoms with E-state index in [1.165, 1.54) is 27.3 Å². The fourth-order valence-corrected chi connectivity index (χ4v) is 9.70. The summed E-state index contributed by atoms with van der Waals surface area (Å²) in [5.74, 6) is 2.70. The average Bonchev–Trinajstić information content (AvgIpc) is 3.92. The number of benzene rings is 9. The minimum absolute atomic E-state index is 0.597. The lowest BCUT2D eigenvalue weighted by molar-refractivity contribution is 1.07. The van der Waals surface area contributed by atoms with Crippen molar-refractivity contribution in [2.45, 2.75) is 0 Å². The van der Waals surface area contributed by atoms with E-state index >= 15 is 0 Å². The van der Waals surface area contributed by atoms with Gasteiger partial charge in [0.05, 0.1) is 27.8 Å². The SMILES string of the molecule is c1ccc(-c2cccc(-n3c4ccccc4c4ccc5c6ccccc6n(-c6nc(-c7cccc(-c8nc(-c9ccccc9)nc(-c9ccccc9)n8)c7)cc7ccccc67)c5c43)c2)cc1. The summed E-state index contributed by atoms with van der Waals surface area (Å²) in [5.41, 5.74) is 12.5. The van der Waals surface area contributed by atoms with Crippen LogP contribution in [0.3, 0.4) is 0 Å². The van der Waals surface area contributed by atoms with Gasteiger partial charge in [0, 0.05) is 54.9 Å². The van der Waals surface area contributed by atoms with Crippen molar-refractivity contribution in [1.29, 1.82) is 0 Å². The van der Waals surface area contributed by atoms with Crippen LogP contribution in [0.4, 0.5) is 0 Å². The molecule has 0 N–H and O–H groups in total. The molecule has 0 saturated carbocycles. The zero-order chi connectivity index (χ0) is 43.6. The van der Waals surface area contributed by atoms with Gasteiger partial charge in [-0.2, -0.15) is 0 Å². The van der Waals surface area contributed by atoms with Gasteiger partial charge in [-0.25, -0.2) is 19.9 Å². The lowest BCUT2D eigenvalue weighted by atomic mass is 10.0. The van der Waals surface area contributed by atoms with Crippen molar-refractivity contribution in [1.82, 2.24) is 29.1 Å². The summed E-state index contributed by atoms with van der Waals surface area (Å²) < 4.78 is 4.86. The Labute approximate surface area is 380 Å². The summed E-state index contributed by atoms with van der Waals surface area (Å²) in [5, 5.41) is 6.86. The zero-order valence-electron chi connectivity index (χ0n) is 35.6. The van der Waals surface area contributed by atoms with Crippen molar-refractivity contribution >= 4 is 54.4 Å². The smallest absolute Gasteiger partial charge is 0.164 e. The molecule has 0 amide bonds. The van der Waals surface area contributed by atoms with Gasteiger partial charge in [-0.1, -0.05) is 194 Å². The number of nitrogens with zero attached hydrogens (tertiary/aromatic N) is 6. The van der Waals surface area contributed by atoms with Crippen LogP contribution in [0.25, 0.3) is 122 Å². The molecule has 0 aliphatic heterocycles. The molecule has 13 rings (SSSR count). The monoisotopic (exact) mass is 842 g/mol. The van der Waals surface area contributed by atoms with Crippen LogP contribution in [0, 0.1) is 0 Å². The van der Waals surface area contributed by atoms with Crippen molar-refractivity contribution < 1.29 is 0 Å². The Morgan fingerprint density at radius 3 is 1.39 bits per heavy atom. The summed E-state index contributed by atoms with van der Waals surface area (Å²) in [4.78, 5) is 20.8. The molecule has 0 saturated heterocycles. The van der Waals surface area contributed by atoms with Crippen LogP contribution in [0.5, 0.6) is 0 Å². The van der Waals surface area contributed by atoms with E-state index < -0.39 is 0 Å². The highest BCUT2D eigenvalue weighted by atomic mass is 15.1. The first kappa shape index (κ1) is 37.5. The van der Waals surface area contributed by atoms with E-state index in [-0.39, 0.29) is 0 Å². The largest absolute Gasteiger partial charge is 0.307 e. The van der Waals surface area contributed by atoms with E-state index in [1.54, 1.807) is 0 Å². The number of rotatable bonds is 7. The Morgan fingerprint density at radius 1 is 0.273 bits per heavy atom. The van der Waals surface area contributed by atoms with Gasteiger partial charge in [-0.15, -0.1) is 0 Å². The molecular weight excluding hydrogens is 805 g/mol. The normalized spacial score (nSPS) is 11.6. The van der Waals surface area contributed by atoms with Crippen molar-refractivity contribution in [3.8, 4) is 68.1 Å². The molecule has 0 unspecified atom stereocenters. The molecule has 308 valence electrons. The van der Waals surface area contributed by atoms with E-state index in [0.717, 1.165) is 77.7 Å². The van der Waals surface area contributed by atoms with E-state index in [2.05, 4.69) is 179 Å². The minimum Gasteiger partial charge on any atom is -0.307 e. The molecule has 0 aliphatic rings. The third kappa shape index (κ3) is 6.19. The first-order chi connectivity index (χ1) is 32.7. The van der Waals surface area contributed by atoms with Gasteiger partial charge in [0.2, 0.25) is 0 Å². The molecule has 0 bridgehead atoms. The van der Waals surface area contributed by atoms with Gasteiger partial charge in [0.15, 0.2) is 17.5 Å². The molecule has 4 heterocycles. The molecule has 4 aromatic heterocycles. The number of hydrogen-bond donors (Lipinski definition) is 0. The van der Waals surface area contributed by atoms with E-state index in [4.69, 9.17) is 19.9 Å². The Morgan fingerprint density at radius 2 is 0.742 bits per heavy atom. The lowest BCUT2D eigenvalue weighted by Crippen LogP contribution is -2.03. The van der Waals surface area contributed by atoms with Crippen LogP contribution in [0.1, 0.15) is 0 Å². The number of aromatic nitrogens is 6. The molecule has 13 aromatic rings. The van der Waals surface area contributed by atoms with Crippen molar-refractivity contribution in [3.63, 3.8) is 0 Å². The molecule has 6 heteroatoms. The lowest BCUT2D eigenvalue weighted by Gasteiger charge is -2.16. The van der Waals surface area contributed by atoms with Crippen molar-refractivity contribution in [2.75, 3.05) is 0 Å². The summed E-state index contributed by atoms with van der Waals surface area (Å²) in [6, 6.07) is 81.0. The predicted molar refractivity (Wildman–Crippen MR) is 271 cm³/mol. The quantitative estimate of drug-likeness (QED) is 0.160. The molecule has 0 aliphatic carbocycles. The van der Waals surface area contributed by atoms with Crippen LogP contribution in [0.15, 0.2) is 231 Å². The molecule has 0 spiro atoms. The van der Waals surface area contributed by atoms with E-state index in [1.807, 2.05) is 60.7 Å². The van der Waals surface area contributed by atoms with Crippen molar-refractivity contribution in [2.24, 2.45) is 0 Å². The average molecular weight is 843 g/mol. The van der Waals surface area contributed by atoms with Crippen molar-refractivity contribution in [3.05, 3.63) is 231 Å². The third-order valence-electron chi connectivity index (χ3n) is 12.7. The Balaban J connectivity index is 1.06. The molecule has 6 nitrogen and oxygen atoms in total. The minimum atomic E-state index is 0.597. The maximum atomic E-state index is 5.70. The summed E-state index contributed by atoms with van der Waals surface area (Å²) in [7, 11) is 0. The zero-order valence-corrected chi connectivity index (χ0v) is 35.6. The van der Waals surface area contributed by atoms with Gasteiger partial charge >= 0.3 is 0 Å². The fourth-order valence-electron chi connectivity index (χ4n) is 9.70. The maximum absolute atomic E-state index is 5.70. The first-order valence-electron chi connectivity index (χ1n) is 22.2. The molecule has 0 atom stereocenters. The van der Waals surface area contributed by atoms with Gasteiger partial charge < -0.3 is 4.57 Å². The highest BCUT2D eigenvalue weighted by Gasteiger charge is 2.23. The predicted octanol–water partition coefficient (Wildman–Crippen LogP) is 14.9. The highest BCUT2D eigenvalue weighted by molar-refractivity contribution is 6.24. The van der Waals surface area contributed by atoms with Gasteiger partial charge in [-0.05, 0) is 52.9 Å². The van der Waals surface area contributed by atoms with E-state index in [9.17, 15) is 0 Å². The molecular formula is C60H38N6. The van der Waals surface area contributed by atoms with Gasteiger partial charge in [0.25, 0.3) is 0 Å². The summed E-state index contributed by atoms with van der Waals surface area (Å²) in [6.45, 7) is 0. The summed E-state index contributed by atoms with van der Waals surface area (Å²) in [6.07, 6.45) is 0. The summed E-state index contributed by atoms with van der Waals surface area (Å²) >= 11 is 0. The van der Waals surface area contributed by atoms with Crippen LogP contribution in [0.2, 0.25) is 0 Å². The molecule has 0 radical (unpaired) electrons. The first-order valence-corrected chi connectivity index (χ1v) is 22.2. The van der Waals surface area contributed by atoms with Crippen LogP contribution in [-0.4, -0.2) is 29.1 Å². The Kier molecular flexibility index (Phi) is 8.74. The highest BCUT2D eigenvalue weighted by Crippen LogP contribution is 2.43. The standard InChI is InChI=1S/C60H38N6/c1-4-18-39(19-5-1)42-25-17-28-46(37-42)65-53-32-14-12-30-48(53)50-34-35-51-49-31-13-15-33-54(49)66(56(51)55(50)65)60-47-29-11-10-24-43(47)38-52(61-60)44-26-16-27-45(36-44)59-63-57(40-20-6-2-7-21-40)62-58(64-59)41-22-8-3-9-23-41/h1-38H. The molecule has 9 aromatic carbocycles. The Bertz CT molecular complexity index is 3930. The maximum Gasteiger partial charge on any atom is 0.164 e. The molecule has 0 fully saturated rings. The molecule has 66 heavy (non-hydrogen) atoms. The number of fused-ring (bicyclic) bond motifs is 8. The number of pyridine rings is 1. The van der Waals surface area contributed by atoms with Crippen LogP contribution < -0.4 is 0 Å².